The summed E-state index contributed by atoms with van der Waals surface area (Å²) in [6, 6.07) is 7.60. The maximum Gasteiger partial charge on any atom is 0.239 e. The van der Waals surface area contributed by atoms with Crippen LogP contribution in [0.15, 0.2) is 24.3 Å². The third kappa shape index (κ3) is 3.67. The topological polar surface area (TPSA) is 49.4 Å². The first kappa shape index (κ1) is 16.5. The average molecular weight is 302 g/mol. The first-order valence-electron chi connectivity index (χ1n) is 7.98. The molecule has 0 radical (unpaired) electrons. The fourth-order valence-electron chi connectivity index (χ4n) is 2.79. The lowest BCUT2D eigenvalue weighted by Crippen LogP contribution is -2.50. The van der Waals surface area contributed by atoms with Crippen molar-refractivity contribution in [2.75, 3.05) is 18.4 Å². The second-order valence-electron chi connectivity index (χ2n) is 6.94. The fourth-order valence-corrected chi connectivity index (χ4v) is 2.79. The van der Waals surface area contributed by atoms with E-state index in [-0.39, 0.29) is 11.8 Å². The number of aryl methyl sites for hydroxylation is 1. The van der Waals surface area contributed by atoms with Gasteiger partial charge in [0, 0.05) is 18.8 Å². The monoisotopic (exact) mass is 302 g/mol. The third-order valence-corrected chi connectivity index (χ3v) is 4.36. The van der Waals surface area contributed by atoms with Crippen LogP contribution in [0.3, 0.4) is 0 Å². The van der Waals surface area contributed by atoms with Gasteiger partial charge in [-0.3, -0.25) is 9.59 Å². The van der Waals surface area contributed by atoms with Gasteiger partial charge in [-0.15, -0.1) is 0 Å². The standard InChI is InChI=1S/C18H26N2O2/c1-13-7-9-15(10-8-13)19-16(21)18(3,4)17(22)20-11-5-6-14(2)12-20/h7-10,14H,5-6,11-12H2,1-4H3,(H,19,21). The summed E-state index contributed by atoms with van der Waals surface area (Å²) in [5.41, 5.74) is 0.807. The van der Waals surface area contributed by atoms with Gasteiger partial charge in [-0.05, 0) is 51.7 Å². The summed E-state index contributed by atoms with van der Waals surface area (Å²) < 4.78 is 0. The number of anilines is 1. The molecule has 4 heteroatoms. The third-order valence-electron chi connectivity index (χ3n) is 4.36. The molecule has 2 rings (SSSR count). The van der Waals surface area contributed by atoms with Gasteiger partial charge in [0.05, 0.1) is 0 Å². The lowest BCUT2D eigenvalue weighted by Gasteiger charge is -2.36. The first-order valence-corrected chi connectivity index (χ1v) is 7.98. The predicted molar refractivity (Wildman–Crippen MR) is 88.6 cm³/mol. The molecule has 4 nitrogen and oxygen atoms in total. The molecular weight excluding hydrogens is 276 g/mol. The SMILES string of the molecule is Cc1ccc(NC(=O)C(C)(C)C(=O)N2CCCC(C)C2)cc1. The molecule has 0 aromatic heterocycles. The van der Waals surface area contributed by atoms with E-state index < -0.39 is 5.41 Å². The van der Waals surface area contributed by atoms with E-state index in [9.17, 15) is 9.59 Å². The van der Waals surface area contributed by atoms with Gasteiger partial charge in [0.1, 0.15) is 5.41 Å². The first-order chi connectivity index (χ1) is 10.3. The molecule has 1 aromatic rings. The number of likely N-dealkylation sites (tertiary alicyclic amines) is 1. The summed E-state index contributed by atoms with van der Waals surface area (Å²) in [7, 11) is 0. The van der Waals surface area contributed by atoms with Crippen molar-refractivity contribution in [2.45, 2.75) is 40.5 Å². The van der Waals surface area contributed by atoms with Crippen molar-refractivity contribution in [3.8, 4) is 0 Å². The molecule has 0 saturated carbocycles. The lowest BCUT2D eigenvalue weighted by atomic mass is 9.88. The molecule has 1 aromatic carbocycles. The summed E-state index contributed by atoms with van der Waals surface area (Å²) in [6.07, 6.45) is 2.17. The lowest BCUT2D eigenvalue weighted by molar-refractivity contribution is -0.147. The zero-order chi connectivity index (χ0) is 16.3. The second kappa shape index (κ2) is 6.51. The van der Waals surface area contributed by atoms with Crippen LogP contribution in [0.25, 0.3) is 0 Å². The summed E-state index contributed by atoms with van der Waals surface area (Å²) in [6.45, 7) is 9.07. The Balaban J connectivity index is 2.05. The number of carbonyl (C=O) groups excluding carboxylic acids is 2. The van der Waals surface area contributed by atoms with Crippen LogP contribution in [0.4, 0.5) is 5.69 Å². The molecule has 0 bridgehead atoms. The molecule has 1 fully saturated rings. The highest BCUT2D eigenvalue weighted by atomic mass is 16.2. The van der Waals surface area contributed by atoms with Crippen LogP contribution >= 0.6 is 0 Å². The summed E-state index contributed by atoms with van der Waals surface area (Å²) in [5.74, 6) is 0.178. The Morgan fingerprint density at radius 2 is 1.86 bits per heavy atom. The predicted octanol–water partition coefficient (Wildman–Crippen LogP) is 3.22. The number of hydrogen-bond acceptors (Lipinski definition) is 2. The number of piperidine rings is 1. The highest BCUT2D eigenvalue weighted by Gasteiger charge is 2.40. The Hall–Kier alpha value is -1.84. The van der Waals surface area contributed by atoms with Crippen LogP contribution < -0.4 is 5.32 Å². The smallest absolute Gasteiger partial charge is 0.239 e. The largest absolute Gasteiger partial charge is 0.342 e. The number of rotatable bonds is 3. The van der Waals surface area contributed by atoms with E-state index in [4.69, 9.17) is 0 Å². The molecule has 0 aliphatic carbocycles. The van der Waals surface area contributed by atoms with E-state index in [1.165, 1.54) is 0 Å². The maximum atomic E-state index is 12.7. The Kier molecular flexibility index (Phi) is 4.89. The van der Waals surface area contributed by atoms with Crippen LogP contribution in [0.1, 0.15) is 39.2 Å². The van der Waals surface area contributed by atoms with Crippen molar-refractivity contribution in [1.82, 2.24) is 4.90 Å². The van der Waals surface area contributed by atoms with Crippen molar-refractivity contribution in [3.63, 3.8) is 0 Å². The molecule has 1 heterocycles. The van der Waals surface area contributed by atoms with Gasteiger partial charge in [0.15, 0.2) is 0 Å². The maximum absolute atomic E-state index is 12.7. The molecule has 1 N–H and O–H groups in total. The molecule has 1 unspecified atom stereocenters. The van der Waals surface area contributed by atoms with Crippen LogP contribution in [-0.2, 0) is 9.59 Å². The van der Waals surface area contributed by atoms with Crippen LogP contribution in [-0.4, -0.2) is 29.8 Å². The van der Waals surface area contributed by atoms with Crippen molar-refractivity contribution in [2.24, 2.45) is 11.3 Å². The zero-order valence-electron chi connectivity index (χ0n) is 14.0. The van der Waals surface area contributed by atoms with E-state index in [0.29, 0.717) is 5.92 Å². The van der Waals surface area contributed by atoms with Gasteiger partial charge in [0.25, 0.3) is 0 Å². The van der Waals surface area contributed by atoms with Gasteiger partial charge in [-0.2, -0.15) is 0 Å². The highest BCUT2D eigenvalue weighted by molar-refractivity contribution is 6.09. The van der Waals surface area contributed by atoms with Gasteiger partial charge in [0.2, 0.25) is 11.8 Å². The Bertz CT molecular complexity index is 549. The quantitative estimate of drug-likeness (QED) is 0.872. The van der Waals surface area contributed by atoms with E-state index in [2.05, 4.69) is 12.2 Å². The van der Waals surface area contributed by atoms with Gasteiger partial charge < -0.3 is 10.2 Å². The molecule has 22 heavy (non-hydrogen) atoms. The van der Waals surface area contributed by atoms with Gasteiger partial charge in [-0.1, -0.05) is 24.6 Å². The number of amides is 2. The molecule has 1 aliphatic heterocycles. The van der Waals surface area contributed by atoms with Crippen molar-refractivity contribution in [3.05, 3.63) is 29.8 Å². The Morgan fingerprint density at radius 1 is 1.23 bits per heavy atom. The average Bonchev–Trinajstić information content (AvgIpc) is 2.48. The van der Waals surface area contributed by atoms with E-state index >= 15 is 0 Å². The molecule has 1 aliphatic rings. The summed E-state index contributed by atoms with van der Waals surface area (Å²) in [5, 5.41) is 2.85. The number of nitrogens with one attached hydrogen (secondary N) is 1. The van der Waals surface area contributed by atoms with Crippen molar-refractivity contribution in [1.29, 1.82) is 0 Å². The number of carbonyl (C=O) groups is 2. The highest BCUT2D eigenvalue weighted by Crippen LogP contribution is 2.25. The normalized spacial score (nSPS) is 18.9. The van der Waals surface area contributed by atoms with Crippen molar-refractivity contribution < 1.29 is 9.59 Å². The van der Waals surface area contributed by atoms with E-state index in [0.717, 1.165) is 37.2 Å². The van der Waals surface area contributed by atoms with Crippen LogP contribution in [0.5, 0.6) is 0 Å². The minimum atomic E-state index is -1.05. The minimum absolute atomic E-state index is 0.0799. The molecule has 1 atom stereocenters. The number of benzene rings is 1. The second-order valence-corrected chi connectivity index (χ2v) is 6.94. The fraction of sp³-hybridized carbons (Fsp3) is 0.556. The van der Waals surface area contributed by atoms with Crippen LogP contribution in [0, 0.1) is 18.3 Å². The Morgan fingerprint density at radius 3 is 2.45 bits per heavy atom. The van der Waals surface area contributed by atoms with E-state index in [1.807, 2.05) is 36.1 Å². The molecule has 120 valence electrons. The molecular formula is C18H26N2O2. The number of hydrogen-bond donors (Lipinski definition) is 1. The Labute approximate surface area is 132 Å². The van der Waals surface area contributed by atoms with Crippen LogP contribution in [0.2, 0.25) is 0 Å². The molecule has 2 amide bonds. The van der Waals surface area contributed by atoms with E-state index in [1.54, 1.807) is 13.8 Å². The summed E-state index contributed by atoms with van der Waals surface area (Å²) in [4.78, 5) is 27.1. The zero-order valence-corrected chi connectivity index (χ0v) is 14.0. The molecule has 0 spiro atoms. The minimum Gasteiger partial charge on any atom is -0.342 e. The molecule has 1 saturated heterocycles. The van der Waals surface area contributed by atoms with Gasteiger partial charge in [-0.25, -0.2) is 0 Å². The number of nitrogens with zero attached hydrogens (tertiary/aromatic N) is 1. The van der Waals surface area contributed by atoms with Crippen molar-refractivity contribution >= 4 is 17.5 Å². The van der Waals surface area contributed by atoms with Gasteiger partial charge >= 0.3 is 0 Å². The summed E-state index contributed by atoms with van der Waals surface area (Å²) >= 11 is 0.